The molecule has 2 heteroatoms. The molecule has 92 valence electrons. The van der Waals surface area contributed by atoms with Crippen LogP contribution in [0.3, 0.4) is 0 Å². The van der Waals surface area contributed by atoms with E-state index in [0.29, 0.717) is 12.3 Å². The van der Waals surface area contributed by atoms with Gasteiger partial charge in [-0.05, 0) is 61.6 Å². The number of aldehydes is 1. The molecule has 0 unspecified atom stereocenters. The van der Waals surface area contributed by atoms with Gasteiger partial charge in [-0.3, -0.25) is 0 Å². The number of carbonyl (C=O) groups excluding carboxylic acids is 1. The lowest BCUT2D eigenvalue weighted by molar-refractivity contribution is -0.108. The number of rotatable bonds is 4. The van der Waals surface area contributed by atoms with Crippen LogP contribution in [-0.4, -0.2) is 6.29 Å². The minimum absolute atomic E-state index is 0.159. The van der Waals surface area contributed by atoms with Crippen LogP contribution in [0.2, 0.25) is 0 Å². The fourth-order valence-electron chi connectivity index (χ4n) is 2.82. The van der Waals surface area contributed by atoms with Crippen LogP contribution in [0.4, 0.5) is 4.39 Å². The molecule has 1 aromatic carbocycles. The Morgan fingerprint density at radius 1 is 1.12 bits per heavy atom. The molecule has 1 aromatic rings. The van der Waals surface area contributed by atoms with Crippen LogP contribution < -0.4 is 0 Å². The summed E-state index contributed by atoms with van der Waals surface area (Å²) < 4.78 is 12.8. The summed E-state index contributed by atoms with van der Waals surface area (Å²) >= 11 is 0. The van der Waals surface area contributed by atoms with E-state index in [2.05, 4.69) is 0 Å². The van der Waals surface area contributed by atoms with Crippen molar-refractivity contribution in [3.63, 3.8) is 0 Å². The maximum Gasteiger partial charge on any atom is 0.123 e. The Bertz CT molecular complexity index is 350. The first-order valence-corrected chi connectivity index (χ1v) is 6.48. The van der Waals surface area contributed by atoms with Crippen LogP contribution in [0.1, 0.15) is 50.0 Å². The molecule has 0 bridgehead atoms. The molecule has 0 amide bonds. The van der Waals surface area contributed by atoms with E-state index in [9.17, 15) is 9.18 Å². The smallest absolute Gasteiger partial charge is 0.123 e. The second-order valence-corrected chi connectivity index (χ2v) is 5.01. The molecule has 1 nitrogen and oxygen atoms in total. The van der Waals surface area contributed by atoms with Crippen molar-refractivity contribution in [3.05, 3.63) is 35.6 Å². The van der Waals surface area contributed by atoms with E-state index in [1.807, 2.05) is 12.1 Å². The van der Waals surface area contributed by atoms with Gasteiger partial charge in [-0.25, -0.2) is 4.39 Å². The highest BCUT2D eigenvalue weighted by molar-refractivity contribution is 5.49. The lowest BCUT2D eigenvalue weighted by Crippen LogP contribution is -2.13. The molecule has 1 fully saturated rings. The number of hydrogen-bond acceptors (Lipinski definition) is 1. The Hall–Kier alpha value is -1.18. The zero-order chi connectivity index (χ0) is 12.1. The summed E-state index contributed by atoms with van der Waals surface area (Å²) in [7, 11) is 0. The minimum atomic E-state index is -0.159. The van der Waals surface area contributed by atoms with Crippen molar-refractivity contribution in [1.29, 1.82) is 0 Å². The summed E-state index contributed by atoms with van der Waals surface area (Å²) in [4.78, 5) is 10.3. The van der Waals surface area contributed by atoms with Gasteiger partial charge in [-0.15, -0.1) is 0 Å². The van der Waals surface area contributed by atoms with Crippen LogP contribution in [0.5, 0.6) is 0 Å². The summed E-state index contributed by atoms with van der Waals surface area (Å²) in [6.45, 7) is 0. The van der Waals surface area contributed by atoms with Crippen molar-refractivity contribution in [2.45, 2.75) is 44.4 Å². The number of carbonyl (C=O) groups is 1. The first-order valence-electron chi connectivity index (χ1n) is 6.48. The van der Waals surface area contributed by atoms with Crippen LogP contribution in [0.15, 0.2) is 24.3 Å². The van der Waals surface area contributed by atoms with Gasteiger partial charge in [0.15, 0.2) is 0 Å². The van der Waals surface area contributed by atoms with Crippen LogP contribution >= 0.6 is 0 Å². The van der Waals surface area contributed by atoms with Gasteiger partial charge in [0.1, 0.15) is 12.1 Å². The molecule has 0 heterocycles. The predicted octanol–water partition coefficient (Wildman–Crippen LogP) is 4.08. The van der Waals surface area contributed by atoms with Gasteiger partial charge >= 0.3 is 0 Å². The largest absolute Gasteiger partial charge is 0.303 e. The second kappa shape index (κ2) is 5.95. The molecule has 0 aliphatic heterocycles. The van der Waals surface area contributed by atoms with E-state index in [-0.39, 0.29) is 5.82 Å². The number of hydrogen-bond donors (Lipinski definition) is 0. The SMILES string of the molecule is O=CCCC1CCC(c2ccc(F)cc2)CC1. The van der Waals surface area contributed by atoms with Crippen molar-refractivity contribution in [2.24, 2.45) is 5.92 Å². The first-order chi connectivity index (χ1) is 8.29. The Morgan fingerprint density at radius 3 is 2.35 bits per heavy atom. The third-order valence-electron chi connectivity index (χ3n) is 3.88. The van der Waals surface area contributed by atoms with E-state index in [4.69, 9.17) is 0 Å². The summed E-state index contributed by atoms with van der Waals surface area (Å²) in [6.07, 6.45) is 7.52. The number of benzene rings is 1. The second-order valence-electron chi connectivity index (χ2n) is 5.01. The quantitative estimate of drug-likeness (QED) is 0.717. The van der Waals surface area contributed by atoms with Crippen molar-refractivity contribution < 1.29 is 9.18 Å². The van der Waals surface area contributed by atoms with Gasteiger partial charge in [0.2, 0.25) is 0 Å². The molecule has 2 rings (SSSR count). The Labute approximate surface area is 102 Å². The molecule has 0 N–H and O–H groups in total. The van der Waals surface area contributed by atoms with Gasteiger partial charge in [-0.1, -0.05) is 12.1 Å². The van der Waals surface area contributed by atoms with Crippen molar-refractivity contribution in [2.75, 3.05) is 0 Å². The zero-order valence-corrected chi connectivity index (χ0v) is 10.1. The normalized spacial score (nSPS) is 24.5. The number of halogens is 1. The molecule has 0 saturated heterocycles. The first kappa shape index (κ1) is 12.3. The van der Waals surface area contributed by atoms with Gasteiger partial charge in [-0.2, -0.15) is 0 Å². The molecule has 1 aliphatic carbocycles. The lowest BCUT2D eigenvalue weighted by Gasteiger charge is -2.28. The third kappa shape index (κ3) is 3.39. The Balaban J connectivity index is 1.86. The van der Waals surface area contributed by atoms with E-state index in [0.717, 1.165) is 18.6 Å². The van der Waals surface area contributed by atoms with Crippen LogP contribution in [0, 0.1) is 11.7 Å². The highest BCUT2D eigenvalue weighted by atomic mass is 19.1. The lowest BCUT2D eigenvalue weighted by atomic mass is 9.77. The monoisotopic (exact) mass is 234 g/mol. The maximum absolute atomic E-state index is 12.8. The third-order valence-corrected chi connectivity index (χ3v) is 3.88. The van der Waals surface area contributed by atoms with Crippen molar-refractivity contribution in [3.8, 4) is 0 Å². The van der Waals surface area contributed by atoms with Gasteiger partial charge in [0.25, 0.3) is 0 Å². The molecular formula is C15H19FO. The minimum Gasteiger partial charge on any atom is -0.303 e. The van der Waals surface area contributed by atoms with E-state index in [1.165, 1.54) is 31.2 Å². The molecule has 17 heavy (non-hydrogen) atoms. The fourth-order valence-corrected chi connectivity index (χ4v) is 2.82. The summed E-state index contributed by atoms with van der Waals surface area (Å²) in [5, 5.41) is 0. The molecule has 0 spiro atoms. The van der Waals surface area contributed by atoms with Crippen molar-refractivity contribution in [1.82, 2.24) is 0 Å². The molecule has 0 atom stereocenters. The van der Waals surface area contributed by atoms with Gasteiger partial charge in [0.05, 0.1) is 0 Å². The van der Waals surface area contributed by atoms with E-state index < -0.39 is 0 Å². The maximum atomic E-state index is 12.8. The highest BCUT2D eigenvalue weighted by Gasteiger charge is 2.21. The summed E-state index contributed by atoms with van der Waals surface area (Å²) in [5.41, 5.74) is 1.26. The zero-order valence-electron chi connectivity index (χ0n) is 10.1. The molecular weight excluding hydrogens is 215 g/mol. The van der Waals surface area contributed by atoms with E-state index >= 15 is 0 Å². The molecule has 1 saturated carbocycles. The van der Waals surface area contributed by atoms with Crippen molar-refractivity contribution >= 4 is 6.29 Å². The average Bonchev–Trinajstić information content (AvgIpc) is 2.38. The topological polar surface area (TPSA) is 17.1 Å². The Morgan fingerprint density at radius 2 is 1.76 bits per heavy atom. The highest BCUT2D eigenvalue weighted by Crippen LogP contribution is 2.37. The summed E-state index contributed by atoms with van der Waals surface area (Å²) in [5.74, 6) is 1.15. The molecule has 0 aromatic heterocycles. The average molecular weight is 234 g/mol. The molecule has 1 aliphatic rings. The van der Waals surface area contributed by atoms with E-state index in [1.54, 1.807) is 12.1 Å². The Kier molecular flexibility index (Phi) is 4.29. The summed E-state index contributed by atoms with van der Waals surface area (Å²) in [6, 6.07) is 6.92. The molecule has 0 radical (unpaired) electrons. The fraction of sp³-hybridized carbons (Fsp3) is 0.533. The van der Waals surface area contributed by atoms with Gasteiger partial charge < -0.3 is 4.79 Å². The van der Waals surface area contributed by atoms with Crippen LogP contribution in [0.25, 0.3) is 0 Å². The van der Waals surface area contributed by atoms with Crippen LogP contribution in [-0.2, 0) is 4.79 Å². The van der Waals surface area contributed by atoms with Gasteiger partial charge in [0, 0.05) is 6.42 Å². The predicted molar refractivity (Wildman–Crippen MR) is 66.4 cm³/mol. The standard InChI is InChI=1S/C15H19FO/c16-15-9-7-14(8-10-15)13-5-3-12(4-6-13)2-1-11-17/h7-13H,1-6H2.